The Labute approximate surface area is 205 Å². The molecule has 0 aromatic rings. The van der Waals surface area contributed by atoms with Crippen molar-refractivity contribution in [3.63, 3.8) is 0 Å². The fourth-order valence-corrected chi connectivity index (χ4v) is 6.11. The number of nitrogens with zero attached hydrogens (tertiary/aromatic N) is 1. The highest BCUT2D eigenvalue weighted by molar-refractivity contribution is 8.55. The number of hydrogen-bond donors (Lipinski definition) is 1. The van der Waals surface area contributed by atoms with Crippen LogP contribution < -0.4 is 5.09 Å². The lowest BCUT2D eigenvalue weighted by Crippen LogP contribution is -2.35. The van der Waals surface area contributed by atoms with Gasteiger partial charge in [-0.2, -0.15) is 0 Å². The number of carbonyl (C=O) groups excluding carboxylic acids is 4. The Morgan fingerprint density at radius 2 is 1.68 bits per heavy atom. The SMILES string of the molecule is CC(C)=CC1C(C(=O)OCN2C(=O)C3=C(CCCC3)C2=O)C1(C)C.COP(=O)(NC(C)=O)SC. The zero-order valence-corrected chi connectivity index (χ0v) is 22.6. The Bertz CT molecular complexity index is 932. The molecule has 11 heteroatoms. The van der Waals surface area contributed by atoms with Crippen LogP contribution >= 0.6 is 18.1 Å². The Hall–Kier alpha value is -1.90. The van der Waals surface area contributed by atoms with Gasteiger partial charge in [0.05, 0.1) is 5.92 Å². The van der Waals surface area contributed by atoms with Gasteiger partial charge in [0.25, 0.3) is 11.8 Å². The minimum absolute atomic E-state index is 0.134. The summed E-state index contributed by atoms with van der Waals surface area (Å²) < 4.78 is 21.1. The van der Waals surface area contributed by atoms with Crippen LogP contribution in [0.15, 0.2) is 22.8 Å². The Morgan fingerprint density at radius 3 is 2.06 bits per heavy atom. The van der Waals surface area contributed by atoms with Crippen LogP contribution in [0.1, 0.15) is 60.3 Å². The zero-order valence-electron chi connectivity index (χ0n) is 20.9. The van der Waals surface area contributed by atoms with Gasteiger partial charge in [0.1, 0.15) is 0 Å². The first-order valence-corrected chi connectivity index (χ1v) is 14.6. The van der Waals surface area contributed by atoms with Gasteiger partial charge in [0, 0.05) is 25.2 Å². The molecule has 190 valence electrons. The number of carbonyl (C=O) groups is 4. The van der Waals surface area contributed by atoms with Crippen LogP contribution in [0.4, 0.5) is 0 Å². The molecule has 34 heavy (non-hydrogen) atoms. The van der Waals surface area contributed by atoms with Gasteiger partial charge < -0.3 is 9.26 Å². The van der Waals surface area contributed by atoms with Crippen molar-refractivity contribution in [3.05, 3.63) is 22.8 Å². The summed E-state index contributed by atoms with van der Waals surface area (Å²) in [5.74, 6) is -1.28. The van der Waals surface area contributed by atoms with Crippen molar-refractivity contribution in [1.82, 2.24) is 9.99 Å². The van der Waals surface area contributed by atoms with Crippen LogP contribution in [0.3, 0.4) is 0 Å². The maximum atomic E-state index is 12.4. The molecule has 3 rings (SSSR count). The maximum absolute atomic E-state index is 12.4. The van der Waals surface area contributed by atoms with Crippen molar-refractivity contribution in [1.29, 1.82) is 0 Å². The predicted molar refractivity (Wildman–Crippen MR) is 130 cm³/mol. The number of nitrogens with one attached hydrogen (secondary N) is 1. The Kier molecular flexibility index (Phi) is 9.36. The normalized spacial score (nSPS) is 24.4. The maximum Gasteiger partial charge on any atom is 0.352 e. The molecule has 1 aliphatic heterocycles. The number of imide groups is 1. The monoisotopic (exact) mass is 514 g/mol. The lowest BCUT2D eigenvalue weighted by molar-refractivity contribution is -0.156. The first-order valence-electron chi connectivity index (χ1n) is 11.2. The van der Waals surface area contributed by atoms with E-state index in [9.17, 15) is 23.7 Å². The molecule has 1 heterocycles. The van der Waals surface area contributed by atoms with E-state index in [1.54, 1.807) is 6.26 Å². The predicted octanol–water partition coefficient (Wildman–Crippen LogP) is 4.20. The van der Waals surface area contributed by atoms with E-state index in [1.165, 1.54) is 19.6 Å². The summed E-state index contributed by atoms with van der Waals surface area (Å²) in [7, 11) is 1.30. The zero-order chi connectivity index (χ0) is 25.8. The van der Waals surface area contributed by atoms with Crippen molar-refractivity contribution in [3.8, 4) is 0 Å². The van der Waals surface area contributed by atoms with Gasteiger partial charge >= 0.3 is 12.7 Å². The molecule has 1 fully saturated rings. The van der Waals surface area contributed by atoms with Gasteiger partial charge in [-0.15, -0.1) is 0 Å². The quantitative estimate of drug-likeness (QED) is 0.232. The minimum atomic E-state index is -2.92. The number of allylic oxidation sites excluding steroid dienone is 2. The van der Waals surface area contributed by atoms with Crippen LogP contribution in [0, 0.1) is 17.3 Å². The summed E-state index contributed by atoms with van der Waals surface area (Å²) in [6.07, 6.45) is 6.89. The number of amides is 3. The van der Waals surface area contributed by atoms with E-state index in [0.29, 0.717) is 24.0 Å². The lowest BCUT2D eigenvalue weighted by Gasteiger charge is -2.15. The molecule has 1 saturated carbocycles. The topological polar surface area (TPSA) is 119 Å². The first-order chi connectivity index (χ1) is 15.8. The smallest absolute Gasteiger partial charge is 0.352 e. The average Bonchev–Trinajstić information content (AvgIpc) is 3.21. The summed E-state index contributed by atoms with van der Waals surface area (Å²) in [5, 5.41) is 2.21. The van der Waals surface area contributed by atoms with Crippen LogP contribution in [0.5, 0.6) is 0 Å². The molecule has 9 nitrogen and oxygen atoms in total. The average molecular weight is 515 g/mol. The number of ether oxygens (including phenoxy) is 1. The molecular formula is C23H35N2O7PS. The Morgan fingerprint density at radius 1 is 1.15 bits per heavy atom. The van der Waals surface area contributed by atoms with Crippen molar-refractivity contribution in [2.75, 3.05) is 20.1 Å². The molecule has 0 aromatic carbocycles. The fourth-order valence-electron chi connectivity index (χ4n) is 4.29. The van der Waals surface area contributed by atoms with Crippen LogP contribution in [-0.4, -0.2) is 48.7 Å². The second-order valence-corrected chi connectivity index (χ2v) is 13.9. The number of esters is 1. The fraction of sp³-hybridized carbons (Fsp3) is 0.652. The standard InChI is InChI=1S/C19H25NO4.C4H10NO3PS/c1-11(2)9-14-15(19(14,3)4)18(23)24-10-20-16(21)12-7-5-6-8-13(12)17(20)22;1-4(6)5-9(7,8-2)10-3/h9,14-15H,5-8,10H2,1-4H3;1-3H3,(H,5,6,7). The van der Waals surface area contributed by atoms with Crippen molar-refractivity contribution in [2.24, 2.45) is 17.3 Å². The highest BCUT2D eigenvalue weighted by Gasteiger charge is 2.61. The molecule has 0 radical (unpaired) electrons. The first kappa shape index (κ1) is 28.3. The van der Waals surface area contributed by atoms with Crippen LogP contribution in [0.25, 0.3) is 0 Å². The third-order valence-corrected chi connectivity index (χ3v) is 9.98. The highest BCUT2D eigenvalue weighted by Crippen LogP contribution is 2.59. The van der Waals surface area contributed by atoms with Gasteiger partial charge in [-0.1, -0.05) is 36.9 Å². The van der Waals surface area contributed by atoms with E-state index in [4.69, 9.17) is 4.74 Å². The summed E-state index contributed by atoms with van der Waals surface area (Å²) in [4.78, 5) is 48.5. The van der Waals surface area contributed by atoms with Crippen molar-refractivity contribution in [2.45, 2.75) is 60.3 Å². The van der Waals surface area contributed by atoms with E-state index < -0.39 is 6.72 Å². The highest BCUT2D eigenvalue weighted by atomic mass is 32.7. The molecule has 0 bridgehead atoms. The molecule has 0 saturated heterocycles. The Balaban J connectivity index is 0.000000347. The molecule has 1 N–H and O–H groups in total. The molecule has 0 spiro atoms. The third-order valence-electron chi connectivity index (χ3n) is 6.26. The molecule has 0 aromatic heterocycles. The van der Waals surface area contributed by atoms with E-state index >= 15 is 0 Å². The van der Waals surface area contributed by atoms with Crippen LogP contribution in [-0.2, 0) is 33.0 Å². The minimum Gasteiger partial charge on any atom is -0.443 e. The van der Waals surface area contributed by atoms with Crippen LogP contribution in [0.2, 0.25) is 0 Å². The van der Waals surface area contributed by atoms with E-state index in [-0.39, 0.29) is 47.7 Å². The van der Waals surface area contributed by atoms with Crippen molar-refractivity contribution >= 4 is 41.8 Å². The molecule has 3 unspecified atom stereocenters. The molecule has 3 amide bonds. The number of hydrogen-bond acceptors (Lipinski definition) is 8. The second kappa shape index (κ2) is 11.2. The molecule has 2 aliphatic carbocycles. The summed E-state index contributed by atoms with van der Waals surface area (Å²) >= 11 is 1.00. The van der Waals surface area contributed by atoms with E-state index in [0.717, 1.165) is 29.1 Å². The van der Waals surface area contributed by atoms with Gasteiger partial charge in [-0.3, -0.25) is 28.8 Å². The van der Waals surface area contributed by atoms with Crippen molar-refractivity contribution < 1.29 is 33.0 Å². The molecular weight excluding hydrogens is 479 g/mol. The lowest BCUT2D eigenvalue weighted by atomic mass is 9.93. The summed E-state index contributed by atoms with van der Waals surface area (Å²) in [6, 6.07) is 0. The largest absolute Gasteiger partial charge is 0.443 e. The summed E-state index contributed by atoms with van der Waals surface area (Å²) in [6.45, 7) is 6.20. The van der Waals surface area contributed by atoms with Gasteiger partial charge in [0.15, 0.2) is 6.73 Å². The molecule has 3 atom stereocenters. The van der Waals surface area contributed by atoms with Gasteiger partial charge in [-0.05, 0) is 57.1 Å². The van der Waals surface area contributed by atoms with E-state index in [2.05, 4.69) is 15.7 Å². The van der Waals surface area contributed by atoms with E-state index in [1.807, 2.05) is 27.7 Å². The van der Waals surface area contributed by atoms with Gasteiger partial charge in [-0.25, -0.2) is 4.90 Å². The molecule has 3 aliphatic rings. The van der Waals surface area contributed by atoms with Gasteiger partial charge in [0.2, 0.25) is 5.91 Å². The number of rotatable bonds is 7. The summed E-state index contributed by atoms with van der Waals surface area (Å²) in [5.41, 5.74) is 2.28. The second-order valence-electron chi connectivity index (χ2n) is 9.39. The third kappa shape index (κ3) is 6.40.